The second-order valence-corrected chi connectivity index (χ2v) is 2.73. The van der Waals surface area contributed by atoms with Gasteiger partial charge in [-0.05, 0) is 30.5 Å². The highest BCUT2D eigenvalue weighted by molar-refractivity contribution is 5.49. The normalized spacial score (nSPS) is 9.67. The Bertz CT molecular complexity index is 256. The summed E-state index contributed by atoms with van der Waals surface area (Å²) in [4.78, 5) is 10.0. The van der Waals surface area contributed by atoms with Crippen molar-refractivity contribution >= 4 is 6.29 Å². The lowest BCUT2D eigenvalue weighted by atomic mass is 10.1. The van der Waals surface area contributed by atoms with Gasteiger partial charge in [-0.1, -0.05) is 12.1 Å². The minimum absolute atomic E-state index is 0.290. The highest BCUT2D eigenvalue weighted by Gasteiger charge is 1.93. The molecule has 1 N–H and O–H groups in total. The third kappa shape index (κ3) is 2.74. The van der Waals surface area contributed by atoms with Crippen molar-refractivity contribution in [3.8, 4) is 5.75 Å². The first-order valence-electron chi connectivity index (χ1n) is 4.04. The Labute approximate surface area is 71.8 Å². The number of aromatic hydroxyl groups is 1. The number of carbonyl (C=O) groups is 1. The molecule has 64 valence electrons. The maximum Gasteiger partial charge on any atom is 0.120 e. The van der Waals surface area contributed by atoms with Gasteiger partial charge >= 0.3 is 0 Å². The molecule has 0 aliphatic carbocycles. The zero-order valence-corrected chi connectivity index (χ0v) is 6.86. The zero-order chi connectivity index (χ0) is 8.81. The van der Waals surface area contributed by atoms with E-state index in [1.165, 1.54) is 0 Å². The first-order valence-corrected chi connectivity index (χ1v) is 4.04. The van der Waals surface area contributed by atoms with E-state index >= 15 is 0 Å². The molecular formula is C10H12O2. The van der Waals surface area contributed by atoms with E-state index in [2.05, 4.69) is 0 Å². The average Bonchev–Trinajstić information content (AvgIpc) is 2.05. The Kier molecular flexibility index (Phi) is 3.33. The topological polar surface area (TPSA) is 37.3 Å². The summed E-state index contributed by atoms with van der Waals surface area (Å²) in [5.74, 6) is 0.290. The van der Waals surface area contributed by atoms with Gasteiger partial charge in [0.05, 0.1) is 0 Å². The summed E-state index contributed by atoms with van der Waals surface area (Å²) in [7, 11) is 0. The second-order valence-electron chi connectivity index (χ2n) is 2.73. The number of aldehydes is 1. The SMILES string of the molecule is O=CCCCc1cccc(O)c1. The Balaban J connectivity index is 2.46. The molecule has 0 atom stereocenters. The molecule has 0 saturated heterocycles. The van der Waals surface area contributed by atoms with E-state index in [0.29, 0.717) is 12.2 Å². The fourth-order valence-electron chi connectivity index (χ4n) is 1.10. The monoisotopic (exact) mass is 164 g/mol. The minimum Gasteiger partial charge on any atom is -0.508 e. The van der Waals surface area contributed by atoms with Crippen molar-refractivity contribution in [2.24, 2.45) is 0 Å². The maximum atomic E-state index is 10.0. The molecule has 0 unspecified atom stereocenters. The van der Waals surface area contributed by atoms with E-state index in [0.717, 1.165) is 24.7 Å². The summed E-state index contributed by atoms with van der Waals surface area (Å²) in [6.07, 6.45) is 3.22. The molecule has 0 heterocycles. The highest BCUT2D eigenvalue weighted by Crippen LogP contribution is 2.12. The Morgan fingerprint density at radius 3 is 2.92 bits per heavy atom. The lowest BCUT2D eigenvalue weighted by Crippen LogP contribution is -1.85. The maximum absolute atomic E-state index is 10.0. The fraction of sp³-hybridized carbons (Fsp3) is 0.300. The summed E-state index contributed by atoms with van der Waals surface area (Å²) in [5.41, 5.74) is 1.08. The van der Waals surface area contributed by atoms with Gasteiger partial charge in [0, 0.05) is 6.42 Å². The second kappa shape index (κ2) is 4.54. The molecule has 1 aromatic rings. The first-order chi connectivity index (χ1) is 5.83. The Hall–Kier alpha value is -1.31. The molecule has 0 bridgehead atoms. The van der Waals surface area contributed by atoms with Gasteiger partial charge in [-0.15, -0.1) is 0 Å². The van der Waals surface area contributed by atoms with Crippen molar-refractivity contribution in [1.82, 2.24) is 0 Å². The van der Waals surface area contributed by atoms with E-state index in [1.54, 1.807) is 12.1 Å². The first kappa shape index (κ1) is 8.78. The zero-order valence-electron chi connectivity index (χ0n) is 6.86. The number of unbranched alkanes of at least 4 members (excludes halogenated alkanes) is 1. The molecular weight excluding hydrogens is 152 g/mol. The van der Waals surface area contributed by atoms with Crippen LogP contribution in [0.25, 0.3) is 0 Å². The van der Waals surface area contributed by atoms with Crippen molar-refractivity contribution in [2.45, 2.75) is 19.3 Å². The third-order valence-corrected chi connectivity index (χ3v) is 1.70. The molecule has 0 saturated carbocycles. The number of aryl methyl sites for hydroxylation is 1. The van der Waals surface area contributed by atoms with Gasteiger partial charge in [-0.25, -0.2) is 0 Å². The van der Waals surface area contributed by atoms with Crippen LogP contribution in [0.5, 0.6) is 5.75 Å². The standard InChI is InChI=1S/C10H12O2/c11-7-2-1-4-9-5-3-6-10(12)8-9/h3,5-8,12H,1-2,4H2. The van der Waals surface area contributed by atoms with Gasteiger partial charge in [-0.2, -0.15) is 0 Å². The Morgan fingerprint density at radius 1 is 1.42 bits per heavy atom. The summed E-state index contributed by atoms with van der Waals surface area (Å²) in [6, 6.07) is 7.13. The van der Waals surface area contributed by atoms with Crippen molar-refractivity contribution in [3.05, 3.63) is 29.8 Å². The Morgan fingerprint density at radius 2 is 2.25 bits per heavy atom. The quantitative estimate of drug-likeness (QED) is 0.545. The summed E-state index contributed by atoms with van der Waals surface area (Å²) in [6.45, 7) is 0. The summed E-state index contributed by atoms with van der Waals surface area (Å²) in [5, 5.41) is 9.10. The minimum atomic E-state index is 0.290. The van der Waals surface area contributed by atoms with E-state index in [4.69, 9.17) is 5.11 Å². The van der Waals surface area contributed by atoms with Crippen molar-refractivity contribution in [2.75, 3.05) is 0 Å². The molecule has 0 aliphatic rings. The molecule has 0 aromatic heterocycles. The van der Waals surface area contributed by atoms with Crippen LogP contribution >= 0.6 is 0 Å². The molecule has 0 fully saturated rings. The van der Waals surface area contributed by atoms with Crippen LogP contribution in [-0.4, -0.2) is 11.4 Å². The van der Waals surface area contributed by atoms with Crippen LogP contribution < -0.4 is 0 Å². The van der Waals surface area contributed by atoms with Crippen molar-refractivity contribution < 1.29 is 9.90 Å². The molecule has 0 amide bonds. The van der Waals surface area contributed by atoms with E-state index in [-0.39, 0.29) is 0 Å². The van der Waals surface area contributed by atoms with Crippen LogP contribution in [0.2, 0.25) is 0 Å². The number of rotatable bonds is 4. The van der Waals surface area contributed by atoms with Gasteiger partial charge in [0.2, 0.25) is 0 Å². The lowest BCUT2D eigenvalue weighted by molar-refractivity contribution is -0.107. The smallest absolute Gasteiger partial charge is 0.120 e. The number of hydrogen-bond acceptors (Lipinski definition) is 2. The fourth-order valence-corrected chi connectivity index (χ4v) is 1.10. The highest BCUT2D eigenvalue weighted by atomic mass is 16.3. The van der Waals surface area contributed by atoms with Gasteiger partial charge in [-0.3, -0.25) is 0 Å². The van der Waals surface area contributed by atoms with Crippen LogP contribution in [0.1, 0.15) is 18.4 Å². The number of phenols is 1. The van der Waals surface area contributed by atoms with E-state index < -0.39 is 0 Å². The number of carbonyl (C=O) groups excluding carboxylic acids is 1. The van der Waals surface area contributed by atoms with Crippen LogP contribution in [0.3, 0.4) is 0 Å². The van der Waals surface area contributed by atoms with Gasteiger partial charge in [0.1, 0.15) is 12.0 Å². The molecule has 12 heavy (non-hydrogen) atoms. The molecule has 0 spiro atoms. The largest absolute Gasteiger partial charge is 0.508 e. The summed E-state index contributed by atoms with van der Waals surface area (Å²) < 4.78 is 0. The van der Waals surface area contributed by atoms with Crippen LogP contribution in [-0.2, 0) is 11.2 Å². The van der Waals surface area contributed by atoms with Gasteiger partial charge < -0.3 is 9.90 Å². The molecule has 2 heteroatoms. The molecule has 1 rings (SSSR count). The van der Waals surface area contributed by atoms with E-state index in [9.17, 15) is 4.79 Å². The van der Waals surface area contributed by atoms with Crippen LogP contribution in [0, 0.1) is 0 Å². The van der Waals surface area contributed by atoms with Crippen LogP contribution in [0.4, 0.5) is 0 Å². The predicted molar refractivity (Wildman–Crippen MR) is 47.1 cm³/mol. The molecule has 1 aromatic carbocycles. The van der Waals surface area contributed by atoms with Gasteiger partial charge in [0.15, 0.2) is 0 Å². The third-order valence-electron chi connectivity index (χ3n) is 1.70. The number of benzene rings is 1. The van der Waals surface area contributed by atoms with Crippen LogP contribution in [0.15, 0.2) is 24.3 Å². The predicted octanol–water partition coefficient (Wildman–Crippen LogP) is 1.91. The average molecular weight is 164 g/mol. The van der Waals surface area contributed by atoms with Crippen molar-refractivity contribution in [1.29, 1.82) is 0 Å². The number of phenolic OH excluding ortho intramolecular Hbond substituents is 1. The summed E-state index contributed by atoms with van der Waals surface area (Å²) >= 11 is 0. The molecule has 0 aliphatic heterocycles. The van der Waals surface area contributed by atoms with Gasteiger partial charge in [0.25, 0.3) is 0 Å². The van der Waals surface area contributed by atoms with E-state index in [1.807, 2.05) is 12.1 Å². The lowest BCUT2D eigenvalue weighted by Gasteiger charge is -1.98. The molecule has 2 nitrogen and oxygen atoms in total. The number of hydrogen-bond donors (Lipinski definition) is 1. The molecule has 0 radical (unpaired) electrons. The van der Waals surface area contributed by atoms with Crippen molar-refractivity contribution in [3.63, 3.8) is 0 Å².